The Morgan fingerprint density at radius 2 is 1.74 bits per heavy atom. The Kier molecular flexibility index (Phi) is 5.49. The van der Waals surface area contributed by atoms with Crippen molar-refractivity contribution in [1.29, 1.82) is 0 Å². The topological polar surface area (TPSA) is 61.0 Å². The minimum absolute atomic E-state index is 0.0847. The Hall–Kier alpha value is -2.66. The zero-order valence-corrected chi connectivity index (χ0v) is 15.6. The molecule has 1 amide bonds. The van der Waals surface area contributed by atoms with Gasteiger partial charge in [-0.15, -0.1) is 0 Å². The van der Waals surface area contributed by atoms with Crippen molar-refractivity contribution >= 4 is 16.8 Å². The zero-order chi connectivity index (χ0) is 18.5. The average Bonchev–Trinajstić information content (AvgIpc) is 3.04. The van der Waals surface area contributed by atoms with Crippen LogP contribution in [0.5, 0.6) is 0 Å². The fraction of sp³-hybridized carbons (Fsp3) is 0.364. The first-order valence-corrected chi connectivity index (χ1v) is 9.80. The van der Waals surface area contributed by atoms with Crippen molar-refractivity contribution in [3.63, 3.8) is 0 Å². The van der Waals surface area contributed by atoms with Gasteiger partial charge in [0.05, 0.1) is 17.3 Å². The van der Waals surface area contributed by atoms with E-state index in [1.165, 1.54) is 44.3 Å². The molecule has 2 heterocycles. The molecular formula is C22H26N4O. The van der Waals surface area contributed by atoms with E-state index in [2.05, 4.69) is 44.7 Å². The number of carbonyl (C=O) groups excluding carboxylic acids is 1. The van der Waals surface area contributed by atoms with E-state index in [9.17, 15) is 4.79 Å². The Balaban J connectivity index is 1.34. The number of hydrogen-bond donors (Lipinski definition) is 2. The second-order valence-electron chi connectivity index (χ2n) is 7.33. The number of amides is 1. The third-order valence-corrected chi connectivity index (χ3v) is 5.30. The maximum atomic E-state index is 12.5. The molecule has 0 radical (unpaired) electrons. The van der Waals surface area contributed by atoms with Crippen LogP contribution in [-0.2, 0) is 13.1 Å². The van der Waals surface area contributed by atoms with E-state index in [1.807, 2.05) is 18.2 Å². The molecule has 1 fully saturated rings. The molecule has 2 N–H and O–H groups in total. The largest absolute Gasteiger partial charge is 0.348 e. The first-order valence-electron chi connectivity index (χ1n) is 9.80. The summed E-state index contributed by atoms with van der Waals surface area (Å²) in [6, 6.07) is 14.2. The van der Waals surface area contributed by atoms with Crippen LogP contribution in [0.2, 0.25) is 0 Å². The van der Waals surface area contributed by atoms with Gasteiger partial charge in [0, 0.05) is 18.5 Å². The van der Waals surface area contributed by atoms with Gasteiger partial charge < -0.3 is 5.32 Å². The van der Waals surface area contributed by atoms with Gasteiger partial charge in [-0.05, 0) is 43.1 Å². The minimum Gasteiger partial charge on any atom is -0.348 e. The summed E-state index contributed by atoms with van der Waals surface area (Å²) in [5.74, 6) is -0.0847. The van der Waals surface area contributed by atoms with Gasteiger partial charge in [-0.1, -0.05) is 49.2 Å². The molecule has 1 aliphatic heterocycles. The molecule has 3 aromatic rings. The van der Waals surface area contributed by atoms with Crippen molar-refractivity contribution in [1.82, 2.24) is 20.4 Å². The SMILES string of the molecule is O=C(NCc1ccc(CN2CCCCCC2)cc1)c1cccc2cn[nH]c12. The molecule has 0 aliphatic carbocycles. The maximum absolute atomic E-state index is 12.5. The number of nitrogens with one attached hydrogen (secondary N) is 2. The molecule has 1 aromatic heterocycles. The number of hydrogen-bond acceptors (Lipinski definition) is 3. The smallest absolute Gasteiger partial charge is 0.253 e. The number of likely N-dealkylation sites (tertiary alicyclic amines) is 1. The quantitative estimate of drug-likeness (QED) is 0.724. The fourth-order valence-electron chi connectivity index (χ4n) is 3.75. The van der Waals surface area contributed by atoms with E-state index < -0.39 is 0 Å². The van der Waals surface area contributed by atoms with Crippen LogP contribution < -0.4 is 5.32 Å². The van der Waals surface area contributed by atoms with Crippen molar-refractivity contribution in [3.8, 4) is 0 Å². The summed E-state index contributed by atoms with van der Waals surface area (Å²) in [6.07, 6.45) is 7.08. The number of H-pyrrole nitrogens is 1. The summed E-state index contributed by atoms with van der Waals surface area (Å²) in [5, 5.41) is 10.9. The van der Waals surface area contributed by atoms with Crippen LogP contribution in [0.4, 0.5) is 0 Å². The van der Waals surface area contributed by atoms with E-state index in [-0.39, 0.29) is 5.91 Å². The molecule has 5 heteroatoms. The monoisotopic (exact) mass is 362 g/mol. The molecule has 27 heavy (non-hydrogen) atoms. The molecule has 0 bridgehead atoms. The molecule has 140 valence electrons. The predicted molar refractivity (Wildman–Crippen MR) is 107 cm³/mol. The summed E-state index contributed by atoms with van der Waals surface area (Å²) in [6.45, 7) is 3.95. The maximum Gasteiger partial charge on any atom is 0.253 e. The van der Waals surface area contributed by atoms with Gasteiger partial charge in [-0.2, -0.15) is 5.10 Å². The second kappa shape index (κ2) is 8.35. The molecular weight excluding hydrogens is 336 g/mol. The van der Waals surface area contributed by atoms with Gasteiger partial charge in [0.1, 0.15) is 0 Å². The Morgan fingerprint density at radius 3 is 2.52 bits per heavy atom. The molecule has 1 saturated heterocycles. The molecule has 2 aromatic carbocycles. The van der Waals surface area contributed by atoms with Crippen molar-refractivity contribution in [2.75, 3.05) is 13.1 Å². The predicted octanol–water partition coefficient (Wildman–Crippen LogP) is 3.87. The van der Waals surface area contributed by atoms with Gasteiger partial charge in [-0.25, -0.2) is 0 Å². The van der Waals surface area contributed by atoms with E-state index in [0.29, 0.717) is 12.1 Å². The molecule has 4 rings (SSSR count). The highest BCUT2D eigenvalue weighted by molar-refractivity contribution is 6.05. The molecule has 0 saturated carbocycles. The van der Waals surface area contributed by atoms with Gasteiger partial charge in [0.25, 0.3) is 5.91 Å². The van der Waals surface area contributed by atoms with Crippen LogP contribution in [-0.4, -0.2) is 34.1 Å². The van der Waals surface area contributed by atoms with Crippen molar-refractivity contribution in [3.05, 3.63) is 65.4 Å². The van der Waals surface area contributed by atoms with Crippen molar-refractivity contribution in [2.45, 2.75) is 38.8 Å². The highest BCUT2D eigenvalue weighted by Gasteiger charge is 2.12. The van der Waals surface area contributed by atoms with Gasteiger partial charge >= 0.3 is 0 Å². The number of benzene rings is 2. The summed E-state index contributed by atoms with van der Waals surface area (Å²) in [5.41, 5.74) is 3.86. The summed E-state index contributed by atoms with van der Waals surface area (Å²) >= 11 is 0. The van der Waals surface area contributed by atoms with E-state index in [4.69, 9.17) is 0 Å². The highest BCUT2D eigenvalue weighted by Crippen LogP contribution is 2.16. The van der Waals surface area contributed by atoms with Crippen LogP contribution in [0.1, 0.15) is 47.2 Å². The van der Waals surface area contributed by atoms with Crippen LogP contribution in [0.3, 0.4) is 0 Å². The zero-order valence-electron chi connectivity index (χ0n) is 15.6. The van der Waals surface area contributed by atoms with Gasteiger partial charge in [0.2, 0.25) is 0 Å². The number of para-hydroxylation sites is 1. The molecule has 1 aliphatic rings. The normalized spacial score (nSPS) is 15.6. The summed E-state index contributed by atoms with van der Waals surface area (Å²) in [7, 11) is 0. The lowest BCUT2D eigenvalue weighted by atomic mass is 10.1. The van der Waals surface area contributed by atoms with Crippen LogP contribution in [0.15, 0.2) is 48.7 Å². The van der Waals surface area contributed by atoms with E-state index in [0.717, 1.165) is 23.0 Å². The van der Waals surface area contributed by atoms with E-state index >= 15 is 0 Å². The minimum atomic E-state index is -0.0847. The third-order valence-electron chi connectivity index (χ3n) is 5.30. The Morgan fingerprint density at radius 1 is 1.00 bits per heavy atom. The third kappa shape index (κ3) is 4.37. The molecule has 5 nitrogen and oxygen atoms in total. The number of aromatic amines is 1. The summed E-state index contributed by atoms with van der Waals surface area (Å²) in [4.78, 5) is 15.1. The molecule has 0 atom stereocenters. The average molecular weight is 362 g/mol. The number of aromatic nitrogens is 2. The van der Waals surface area contributed by atoms with Crippen molar-refractivity contribution < 1.29 is 4.79 Å². The van der Waals surface area contributed by atoms with E-state index in [1.54, 1.807) is 6.20 Å². The van der Waals surface area contributed by atoms with Crippen LogP contribution >= 0.6 is 0 Å². The standard InChI is InChI=1S/C22H26N4O/c27-22(20-7-5-6-19-15-24-25-21(19)20)23-14-17-8-10-18(11-9-17)16-26-12-3-1-2-4-13-26/h5-11,15H,1-4,12-14,16H2,(H,23,27)(H,24,25). The second-order valence-corrected chi connectivity index (χ2v) is 7.33. The Labute approximate surface area is 159 Å². The van der Waals surface area contributed by atoms with Crippen LogP contribution in [0.25, 0.3) is 10.9 Å². The lowest BCUT2D eigenvalue weighted by molar-refractivity contribution is 0.0952. The molecule has 0 spiro atoms. The number of carbonyl (C=O) groups is 1. The first kappa shape index (κ1) is 17.7. The summed E-state index contributed by atoms with van der Waals surface area (Å²) < 4.78 is 0. The highest BCUT2D eigenvalue weighted by atomic mass is 16.1. The van der Waals surface area contributed by atoms with Gasteiger partial charge in [-0.3, -0.25) is 14.8 Å². The fourth-order valence-corrected chi connectivity index (χ4v) is 3.75. The van der Waals surface area contributed by atoms with Crippen molar-refractivity contribution in [2.24, 2.45) is 0 Å². The number of rotatable bonds is 5. The first-order chi connectivity index (χ1) is 13.3. The number of nitrogens with zero attached hydrogens (tertiary/aromatic N) is 2. The van der Waals surface area contributed by atoms with Gasteiger partial charge in [0.15, 0.2) is 0 Å². The van der Waals surface area contributed by atoms with Crippen LogP contribution in [0, 0.1) is 0 Å². The lowest BCUT2D eigenvalue weighted by Crippen LogP contribution is -2.24. The molecule has 0 unspecified atom stereocenters. The Bertz CT molecular complexity index is 892. The lowest BCUT2D eigenvalue weighted by Gasteiger charge is -2.19. The number of fused-ring (bicyclic) bond motifs is 1.